The number of carbonyl (C=O) groups is 2. The first-order valence-electron chi connectivity index (χ1n) is 6.69. The number of nitrogens with zero attached hydrogens (tertiary/aromatic N) is 4. The van der Waals surface area contributed by atoms with Crippen LogP contribution >= 0.6 is 15.9 Å². The van der Waals surface area contributed by atoms with Crippen molar-refractivity contribution in [2.24, 2.45) is 5.10 Å². The minimum Gasteiger partial charge on any atom is -0.289 e. The number of hydrogen-bond acceptors (Lipinski definition) is 4. The van der Waals surface area contributed by atoms with Gasteiger partial charge >= 0.3 is 0 Å². The Balaban J connectivity index is 2.30. The zero-order chi connectivity index (χ0) is 15.6. The first-order valence-corrected chi connectivity index (χ1v) is 7.48. The summed E-state index contributed by atoms with van der Waals surface area (Å²) in [6.07, 6.45) is 2.32. The minimum absolute atomic E-state index is 0.0585. The lowest BCUT2D eigenvalue weighted by atomic mass is 10.1. The van der Waals surface area contributed by atoms with Crippen molar-refractivity contribution in [2.45, 2.75) is 32.7 Å². The van der Waals surface area contributed by atoms with Gasteiger partial charge in [-0.25, -0.2) is 9.99 Å². The van der Waals surface area contributed by atoms with Gasteiger partial charge in [0.2, 0.25) is 5.91 Å². The van der Waals surface area contributed by atoms with Crippen molar-refractivity contribution in [3.05, 3.63) is 22.8 Å². The van der Waals surface area contributed by atoms with Gasteiger partial charge < -0.3 is 0 Å². The molecule has 7 heteroatoms. The molecule has 0 saturated heterocycles. The van der Waals surface area contributed by atoms with Gasteiger partial charge in [0.25, 0.3) is 5.91 Å². The van der Waals surface area contributed by atoms with Crippen LogP contribution in [0.1, 0.15) is 26.7 Å². The van der Waals surface area contributed by atoms with E-state index in [4.69, 9.17) is 0 Å². The van der Waals surface area contributed by atoms with E-state index in [1.807, 2.05) is 19.9 Å². The van der Waals surface area contributed by atoms with E-state index >= 15 is 0 Å². The molecule has 1 aromatic heterocycles. The second-order valence-electron chi connectivity index (χ2n) is 5.07. The number of aromatic nitrogens is 1. The summed E-state index contributed by atoms with van der Waals surface area (Å²) in [5, 5.41) is 5.31. The lowest BCUT2D eigenvalue weighted by Gasteiger charge is -2.28. The number of rotatable bonds is 3. The van der Waals surface area contributed by atoms with Crippen molar-refractivity contribution in [2.75, 3.05) is 11.9 Å². The molecule has 1 aromatic rings. The van der Waals surface area contributed by atoms with Crippen molar-refractivity contribution in [3.8, 4) is 0 Å². The van der Waals surface area contributed by atoms with E-state index < -0.39 is 0 Å². The summed E-state index contributed by atoms with van der Waals surface area (Å²) >= 11 is 3.33. The number of hydrogen-bond donors (Lipinski definition) is 0. The maximum absolute atomic E-state index is 12.7. The number of anilines is 1. The molecule has 0 saturated carbocycles. The van der Waals surface area contributed by atoms with Crippen LogP contribution in [-0.2, 0) is 9.59 Å². The summed E-state index contributed by atoms with van der Waals surface area (Å²) in [7, 11) is 1.56. The second kappa shape index (κ2) is 6.34. The first kappa shape index (κ1) is 15.6. The zero-order valence-corrected chi connectivity index (χ0v) is 13.8. The van der Waals surface area contributed by atoms with Gasteiger partial charge in [0.1, 0.15) is 11.5 Å². The molecule has 0 aromatic carbocycles. The van der Waals surface area contributed by atoms with Crippen molar-refractivity contribution in [3.63, 3.8) is 0 Å². The predicted molar refractivity (Wildman–Crippen MR) is 84.0 cm³/mol. The van der Waals surface area contributed by atoms with Gasteiger partial charge in [0.15, 0.2) is 0 Å². The average Bonchev–Trinajstić information content (AvgIpc) is 2.43. The highest BCUT2D eigenvalue weighted by molar-refractivity contribution is 9.10. The molecule has 21 heavy (non-hydrogen) atoms. The summed E-state index contributed by atoms with van der Waals surface area (Å²) in [6, 6.07) is 3.56. The molecule has 0 radical (unpaired) electrons. The van der Waals surface area contributed by atoms with Gasteiger partial charge in [-0.05, 0) is 41.9 Å². The summed E-state index contributed by atoms with van der Waals surface area (Å²) in [5.41, 5.74) is 0.385. The van der Waals surface area contributed by atoms with E-state index in [1.54, 1.807) is 24.2 Å². The van der Waals surface area contributed by atoms with E-state index in [1.165, 1.54) is 5.01 Å². The van der Waals surface area contributed by atoms with Crippen molar-refractivity contribution in [1.29, 1.82) is 0 Å². The predicted octanol–water partition coefficient (Wildman–Crippen LogP) is 2.19. The number of halogens is 1. The third-order valence-corrected chi connectivity index (χ3v) is 3.62. The molecule has 1 aliphatic heterocycles. The molecule has 2 amide bonds. The van der Waals surface area contributed by atoms with Crippen LogP contribution in [0.4, 0.5) is 5.82 Å². The fourth-order valence-corrected chi connectivity index (χ4v) is 2.31. The quantitative estimate of drug-likeness (QED) is 0.837. The van der Waals surface area contributed by atoms with E-state index in [0.717, 1.165) is 4.47 Å². The number of carbonyl (C=O) groups excluding carboxylic acids is 2. The van der Waals surface area contributed by atoms with Gasteiger partial charge in [0.05, 0.1) is 0 Å². The third kappa shape index (κ3) is 3.47. The largest absolute Gasteiger partial charge is 0.289 e. The fourth-order valence-electron chi connectivity index (χ4n) is 2.08. The summed E-state index contributed by atoms with van der Waals surface area (Å²) < 4.78 is 0.850. The Morgan fingerprint density at radius 3 is 2.62 bits per heavy atom. The summed E-state index contributed by atoms with van der Waals surface area (Å²) in [5.74, 6) is 0.282. The average molecular weight is 353 g/mol. The highest BCUT2D eigenvalue weighted by Crippen LogP contribution is 2.19. The second-order valence-corrected chi connectivity index (χ2v) is 5.98. The Morgan fingerprint density at radius 2 is 2.10 bits per heavy atom. The topological polar surface area (TPSA) is 65.9 Å². The standard InChI is InChI=1S/C14H17BrN4O2/c1-9(2)19(12-6-4-10(15)8-16-12)14(21)11-5-7-13(20)18(3)17-11/h4,6,8-9H,5,7H2,1-3H3. The van der Waals surface area contributed by atoms with E-state index in [-0.39, 0.29) is 17.9 Å². The van der Waals surface area contributed by atoms with E-state index in [2.05, 4.69) is 26.0 Å². The van der Waals surface area contributed by atoms with E-state index in [9.17, 15) is 9.59 Å². The third-order valence-electron chi connectivity index (χ3n) is 3.15. The van der Waals surface area contributed by atoms with Crippen LogP contribution in [-0.4, -0.2) is 40.6 Å². The molecule has 0 aliphatic carbocycles. The van der Waals surface area contributed by atoms with Gasteiger partial charge in [0, 0.05) is 36.6 Å². The molecule has 6 nitrogen and oxygen atoms in total. The Labute approximate surface area is 132 Å². The first-order chi connectivity index (χ1) is 9.90. The Bertz CT molecular complexity index is 583. The SMILES string of the molecule is CC(C)N(C(=O)C1=NN(C)C(=O)CC1)c1ccc(Br)cn1. The molecule has 1 aliphatic rings. The normalized spacial score (nSPS) is 15.2. The van der Waals surface area contributed by atoms with Crippen LogP contribution in [0.5, 0.6) is 0 Å². The molecule has 0 spiro atoms. The van der Waals surface area contributed by atoms with E-state index in [0.29, 0.717) is 24.4 Å². The molecule has 2 heterocycles. The van der Waals surface area contributed by atoms with Crippen LogP contribution in [0.25, 0.3) is 0 Å². The molecule has 112 valence electrons. The van der Waals surface area contributed by atoms with Gasteiger partial charge in [-0.15, -0.1) is 0 Å². The van der Waals surface area contributed by atoms with Crippen molar-refractivity contribution < 1.29 is 9.59 Å². The smallest absolute Gasteiger partial charge is 0.275 e. The molecule has 0 atom stereocenters. The molecule has 0 bridgehead atoms. The van der Waals surface area contributed by atoms with Crippen molar-refractivity contribution >= 4 is 39.3 Å². The number of amides is 2. The molecule has 0 fully saturated rings. The Kier molecular flexibility index (Phi) is 4.72. The summed E-state index contributed by atoms with van der Waals surface area (Å²) in [4.78, 5) is 30.0. The zero-order valence-electron chi connectivity index (χ0n) is 12.2. The van der Waals surface area contributed by atoms with Gasteiger partial charge in [-0.3, -0.25) is 14.5 Å². The van der Waals surface area contributed by atoms with Gasteiger partial charge in [-0.2, -0.15) is 5.10 Å². The maximum Gasteiger partial charge on any atom is 0.275 e. The fraction of sp³-hybridized carbons (Fsp3) is 0.429. The van der Waals surface area contributed by atoms with Crippen LogP contribution in [0, 0.1) is 0 Å². The molecule has 0 N–H and O–H groups in total. The van der Waals surface area contributed by atoms with Crippen LogP contribution < -0.4 is 4.90 Å². The maximum atomic E-state index is 12.7. The van der Waals surface area contributed by atoms with Crippen LogP contribution in [0.3, 0.4) is 0 Å². The van der Waals surface area contributed by atoms with Crippen LogP contribution in [0.2, 0.25) is 0 Å². The molecule has 2 rings (SSSR count). The Morgan fingerprint density at radius 1 is 1.38 bits per heavy atom. The highest BCUT2D eigenvalue weighted by atomic mass is 79.9. The number of pyridine rings is 1. The van der Waals surface area contributed by atoms with Gasteiger partial charge in [-0.1, -0.05) is 0 Å². The number of hydrazone groups is 1. The monoisotopic (exact) mass is 352 g/mol. The minimum atomic E-state index is -0.209. The lowest BCUT2D eigenvalue weighted by Crippen LogP contribution is -2.44. The van der Waals surface area contributed by atoms with Crippen LogP contribution in [0.15, 0.2) is 27.9 Å². The highest BCUT2D eigenvalue weighted by Gasteiger charge is 2.28. The lowest BCUT2D eigenvalue weighted by molar-refractivity contribution is -0.130. The van der Waals surface area contributed by atoms with Crippen molar-refractivity contribution in [1.82, 2.24) is 9.99 Å². The molecular weight excluding hydrogens is 336 g/mol. The molecule has 0 unspecified atom stereocenters. The summed E-state index contributed by atoms with van der Waals surface area (Å²) in [6.45, 7) is 3.83. The Hall–Kier alpha value is -1.76. The molecular formula is C14H17BrN4O2.